The van der Waals surface area contributed by atoms with E-state index in [4.69, 9.17) is 14.6 Å². The minimum Gasteiger partial charge on any atom is -0.481 e. The van der Waals surface area contributed by atoms with E-state index >= 15 is 0 Å². The molecule has 40 heavy (non-hydrogen) atoms. The van der Waals surface area contributed by atoms with E-state index in [1.807, 2.05) is 54.6 Å². The fourth-order valence-corrected chi connectivity index (χ4v) is 6.27. The van der Waals surface area contributed by atoms with Gasteiger partial charge in [0.2, 0.25) is 10.0 Å². The summed E-state index contributed by atoms with van der Waals surface area (Å²) in [6.45, 7) is 3.12. The summed E-state index contributed by atoms with van der Waals surface area (Å²) in [5.41, 5.74) is 3.34. The van der Waals surface area contributed by atoms with E-state index in [0.717, 1.165) is 48.9 Å². The zero-order valence-corrected chi connectivity index (χ0v) is 24.2. The fourth-order valence-electron chi connectivity index (χ4n) is 5.69. The van der Waals surface area contributed by atoms with Crippen molar-refractivity contribution in [2.45, 2.75) is 76.2 Å². The van der Waals surface area contributed by atoms with Gasteiger partial charge in [-0.05, 0) is 62.4 Å². The van der Waals surface area contributed by atoms with Gasteiger partial charge in [-0.15, -0.1) is 0 Å². The summed E-state index contributed by atoms with van der Waals surface area (Å²) in [7, 11) is -3.38. The van der Waals surface area contributed by atoms with E-state index < -0.39 is 16.0 Å². The van der Waals surface area contributed by atoms with E-state index in [1.54, 1.807) is 6.07 Å². The second kappa shape index (κ2) is 14.8. The number of anilines is 1. The van der Waals surface area contributed by atoms with Crippen LogP contribution in [0.15, 0.2) is 60.7 Å². The lowest BCUT2D eigenvalue weighted by Gasteiger charge is -2.33. The summed E-state index contributed by atoms with van der Waals surface area (Å²) in [5.74, 6) is -0.793. The number of carboxylic acid groups (broad SMARTS) is 1. The summed E-state index contributed by atoms with van der Waals surface area (Å²) in [6, 6.07) is 15.7. The molecule has 2 N–H and O–H groups in total. The normalized spacial score (nSPS) is 22.4. The average Bonchev–Trinajstić information content (AvgIpc) is 3.12. The summed E-state index contributed by atoms with van der Waals surface area (Å²) in [6.07, 6.45) is 12.5. The number of ether oxygens (including phenoxy) is 2. The maximum atomic E-state index is 11.8. The smallest absolute Gasteiger partial charge is 0.303 e. The van der Waals surface area contributed by atoms with Crippen LogP contribution in [0.3, 0.4) is 0 Å². The zero-order valence-electron chi connectivity index (χ0n) is 23.3. The minimum atomic E-state index is -3.38. The average molecular weight is 571 g/mol. The predicted octanol–water partition coefficient (Wildman–Crippen LogP) is 5.45. The number of hydrogen-bond acceptors (Lipinski definition) is 6. The first-order valence-electron chi connectivity index (χ1n) is 14.3. The van der Waals surface area contributed by atoms with E-state index in [1.165, 1.54) is 25.7 Å². The molecule has 0 radical (unpaired) electrons. The minimum absolute atomic E-state index is 0.0139. The number of rotatable bonds is 13. The van der Waals surface area contributed by atoms with Gasteiger partial charge in [-0.3, -0.25) is 14.4 Å². The Hall–Kier alpha value is -2.72. The van der Waals surface area contributed by atoms with E-state index in [2.05, 4.69) is 9.62 Å². The number of aliphatic carboxylic acids is 1. The van der Waals surface area contributed by atoms with Gasteiger partial charge in [0.1, 0.15) is 0 Å². The van der Waals surface area contributed by atoms with Crippen LogP contribution < -0.4 is 4.72 Å². The number of carboxylic acids is 1. The van der Waals surface area contributed by atoms with Crippen LogP contribution in [-0.2, 0) is 30.9 Å². The lowest BCUT2D eigenvalue weighted by atomic mass is 10.0. The Balaban J connectivity index is 1.39. The molecule has 0 aromatic heterocycles. The molecule has 0 unspecified atom stereocenters. The van der Waals surface area contributed by atoms with Crippen LogP contribution in [0, 0.1) is 0 Å². The van der Waals surface area contributed by atoms with Crippen LogP contribution >= 0.6 is 0 Å². The van der Waals surface area contributed by atoms with Gasteiger partial charge in [-0.2, -0.15) is 0 Å². The molecule has 1 saturated carbocycles. The Morgan fingerprint density at radius 1 is 1.00 bits per heavy atom. The first-order chi connectivity index (χ1) is 19.3. The Morgan fingerprint density at radius 2 is 1.73 bits per heavy atom. The molecule has 1 saturated heterocycles. The third kappa shape index (κ3) is 9.16. The van der Waals surface area contributed by atoms with Gasteiger partial charge in [-0.1, -0.05) is 67.5 Å². The maximum absolute atomic E-state index is 11.8. The molecule has 2 aliphatic rings. The highest BCUT2D eigenvalue weighted by molar-refractivity contribution is 7.92. The number of nitrogens with zero attached hydrogens (tertiary/aromatic N) is 1. The van der Waals surface area contributed by atoms with E-state index in [0.29, 0.717) is 31.4 Å². The lowest BCUT2D eigenvalue weighted by Crippen LogP contribution is -2.45. The lowest BCUT2D eigenvalue weighted by molar-refractivity contribution is -0.136. The second-order valence-corrected chi connectivity index (χ2v) is 12.5. The zero-order chi connectivity index (χ0) is 28.4. The van der Waals surface area contributed by atoms with Crippen LogP contribution in [0.4, 0.5) is 5.69 Å². The van der Waals surface area contributed by atoms with Gasteiger partial charge < -0.3 is 14.6 Å². The molecule has 2 aromatic carbocycles. The van der Waals surface area contributed by atoms with Gasteiger partial charge in [0.15, 0.2) is 0 Å². The second-order valence-electron chi connectivity index (χ2n) is 10.8. The number of nitrogens with one attached hydrogen (secondary N) is 1. The molecule has 1 heterocycles. The van der Waals surface area contributed by atoms with Crippen molar-refractivity contribution in [3.63, 3.8) is 0 Å². The summed E-state index contributed by atoms with van der Waals surface area (Å²) in [5, 5.41) is 8.85. The van der Waals surface area contributed by atoms with Gasteiger partial charge in [0.05, 0.1) is 37.4 Å². The number of sulfonamides is 1. The van der Waals surface area contributed by atoms with Crippen molar-refractivity contribution in [3.8, 4) is 11.1 Å². The number of para-hydroxylation sites is 1. The van der Waals surface area contributed by atoms with Crippen LogP contribution in [-0.4, -0.2) is 68.6 Å². The van der Waals surface area contributed by atoms with Crippen molar-refractivity contribution in [2.24, 2.45) is 0 Å². The molecule has 0 amide bonds. The van der Waals surface area contributed by atoms with Crippen LogP contribution in [0.1, 0.15) is 56.9 Å². The first kappa shape index (κ1) is 30.2. The molecule has 218 valence electrons. The Labute approximate surface area is 238 Å². The molecule has 2 fully saturated rings. The van der Waals surface area contributed by atoms with Crippen molar-refractivity contribution in [2.75, 3.05) is 30.7 Å². The quantitative estimate of drug-likeness (QED) is 0.308. The number of hydrogen-bond donors (Lipinski definition) is 2. The predicted molar refractivity (Wildman–Crippen MR) is 158 cm³/mol. The molecule has 8 nitrogen and oxygen atoms in total. The number of benzene rings is 2. The van der Waals surface area contributed by atoms with Crippen molar-refractivity contribution in [1.29, 1.82) is 0 Å². The standard InChI is InChI=1S/C31H42N2O6S/c1-40(36,37)32-27-12-7-6-11-26(27)25-16-14-24(15-17-25)23-39-29-19-18-28(33-20-8-2-3-9-21-33)31(29)38-22-10-4-5-13-30(34)35/h4,6-7,10-12,14-17,28-29,31-32H,2-3,5,8-9,13,18-23H2,1H3,(H,34,35)/b10-4-/t28-,29-,31+/m0/s1. The van der Waals surface area contributed by atoms with Crippen LogP contribution in [0.2, 0.25) is 0 Å². The van der Waals surface area contributed by atoms with E-state index in [-0.39, 0.29) is 18.6 Å². The molecule has 2 aromatic rings. The maximum Gasteiger partial charge on any atom is 0.303 e. The van der Waals surface area contributed by atoms with Crippen molar-refractivity contribution in [3.05, 3.63) is 66.2 Å². The molecule has 9 heteroatoms. The third-order valence-corrected chi connectivity index (χ3v) is 8.22. The Morgan fingerprint density at radius 3 is 2.42 bits per heavy atom. The van der Waals surface area contributed by atoms with Gasteiger partial charge in [-0.25, -0.2) is 8.42 Å². The molecular weight excluding hydrogens is 528 g/mol. The summed E-state index contributed by atoms with van der Waals surface area (Å²) >= 11 is 0. The number of allylic oxidation sites excluding steroid dienone is 1. The van der Waals surface area contributed by atoms with Crippen molar-refractivity contribution in [1.82, 2.24) is 4.90 Å². The molecule has 1 aliphatic heterocycles. The van der Waals surface area contributed by atoms with Gasteiger partial charge in [0, 0.05) is 18.0 Å². The molecule has 3 atom stereocenters. The first-order valence-corrected chi connectivity index (χ1v) is 16.2. The molecular formula is C31H42N2O6S. The van der Waals surface area contributed by atoms with E-state index in [9.17, 15) is 13.2 Å². The largest absolute Gasteiger partial charge is 0.481 e. The highest BCUT2D eigenvalue weighted by Crippen LogP contribution is 2.33. The van der Waals surface area contributed by atoms with Gasteiger partial charge >= 0.3 is 5.97 Å². The van der Waals surface area contributed by atoms with Crippen molar-refractivity contribution >= 4 is 21.7 Å². The number of carbonyl (C=O) groups is 1. The third-order valence-electron chi connectivity index (χ3n) is 7.63. The highest BCUT2D eigenvalue weighted by atomic mass is 32.2. The molecule has 4 rings (SSSR count). The Bertz CT molecular complexity index is 1220. The highest BCUT2D eigenvalue weighted by Gasteiger charge is 2.40. The fraction of sp³-hybridized carbons (Fsp3) is 0.516. The summed E-state index contributed by atoms with van der Waals surface area (Å²) < 4.78 is 39.0. The Kier molecular flexibility index (Phi) is 11.2. The topological polar surface area (TPSA) is 105 Å². The summed E-state index contributed by atoms with van der Waals surface area (Å²) in [4.78, 5) is 13.4. The SMILES string of the molecule is CS(=O)(=O)Nc1ccccc1-c1ccc(CO[C@H]2CC[C@H](N3CCCCCC3)[C@H]2OC/C=C\CCC(=O)O)cc1. The molecule has 1 aliphatic carbocycles. The number of likely N-dealkylation sites (tertiary alicyclic amines) is 1. The monoisotopic (exact) mass is 570 g/mol. The van der Waals surface area contributed by atoms with Crippen LogP contribution in [0.25, 0.3) is 11.1 Å². The van der Waals surface area contributed by atoms with Crippen LogP contribution in [0.5, 0.6) is 0 Å². The molecule has 0 bridgehead atoms. The molecule has 0 spiro atoms. The van der Waals surface area contributed by atoms with Crippen molar-refractivity contribution < 1.29 is 27.8 Å². The van der Waals surface area contributed by atoms with Gasteiger partial charge in [0.25, 0.3) is 0 Å².